The average Bonchev–Trinajstić information content (AvgIpc) is 2.35. The summed E-state index contributed by atoms with van der Waals surface area (Å²) in [4.78, 5) is 0. The Balaban J connectivity index is 3.13. The molecule has 0 fully saturated rings. The van der Waals surface area contributed by atoms with Crippen molar-refractivity contribution in [3.63, 3.8) is 0 Å². The number of aliphatic hydroxyl groups excluding tert-OH is 1. The van der Waals surface area contributed by atoms with Gasteiger partial charge in [-0.3, -0.25) is 0 Å². The number of hydrogen-bond acceptors (Lipinski definition) is 3. The SMILES string of the molecule is CCC(=Cc1cc(OC)ccc1OC)CO. The molecule has 0 atom stereocenters. The average molecular weight is 222 g/mol. The third-order valence-corrected chi connectivity index (χ3v) is 2.45. The van der Waals surface area contributed by atoms with Crippen LogP contribution < -0.4 is 9.47 Å². The monoisotopic (exact) mass is 222 g/mol. The van der Waals surface area contributed by atoms with E-state index < -0.39 is 0 Å². The van der Waals surface area contributed by atoms with Crippen LogP contribution >= 0.6 is 0 Å². The molecule has 0 aliphatic rings. The van der Waals surface area contributed by atoms with Crippen LogP contribution in [0.25, 0.3) is 6.08 Å². The summed E-state index contributed by atoms with van der Waals surface area (Å²) in [5.41, 5.74) is 1.89. The number of methoxy groups -OCH3 is 2. The maximum Gasteiger partial charge on any atom is 0.126 e. The summed E-state index contributed by atoms with van der Waals surface area (Å²) in [6, 6.07) is 5.60. The minimum Gasteiger partial charge on any atom is -0.497 e. The van der Waals surface area contributed by atoms with E-state index in [1.807, 2.05) is 31.2 Å². The highest BCUT2D eigenvalue weighted by atomic mass is 16.5. The largest absolute Gasteiger partial charge is 0.497 e. The molecule has 0 unspecified atom stereocenters. The van der Waals surface area contributed by atoms with Crippen LogP contribution in [0.3, 0.4) is 0 Å². The van der Waals surface area contributed by atoms with E-state index in [-0.39, 0.29) is 6.61 Å². The van der Waals surface area contributed by atoms with Gasteiger partial charge in [0.05, 0.1) is 20.8 Å². The molecule has 16 heavy (non-hydrogen) atoms. The molecule has 0 amide bonds. The first-order valence-electron chi connectivity index (χ1n) is 5.27. The first-order chi connectivity index (χ1) is 7.74. The molecule has 1 aromatic rings. The molecular weight excluding hydrogens is 204 g/mol. The molecule has 1 N–H and O–H groups in total. The van der Waals surface area contributed by atoms with Crippen molar-refractivity contribution in [1.82, 2.24) is 0 Å². The number of ether oxygens (including phenoxy) is 2. The minimum absolute atomic E-state index is 0.0663. The highest BCUT2D eigenvalue weighted by Crippen LogP contribution is 2.26. The number of aliphatic hydroxyl groups is 1. The van der Waals surface area contributed by atoms with Crippen molar-refractivity contribution in [3.05, 3.63) is 29.3 Å². The molecule has 0 bridgehead atoms. The summed E-state index contributed by atoms with van der Waals surface area (Å²) in [6.45, 7) is 2.07. The molecule has 0 spiro atoms. The normalized spacial score (nSPS) is 11.4. The van der Waals surface area contributed by atoms with Crippen molar-refractivity contribution in [2.24, 2.45) is 0 Å². The number of benzene rings is 1. The van der Waals surface area contributed by atoms with Gasteiger partial charge in [-0.25, -0.2) is 0 Å². The van der Waals surface area contributed by atoms with E-state index in [4.69, 9.17) is 14.6 Å². The summed E-state index contributed by atoms with van der Waals surface area (Å²) in [7, 11) is 3.26. The highest BCUT2D eigenvalue weighted by molar-refractivity contribution is 5.62. The Bertz CT molecular complexity index is 363. The second-order valence-electron chi connectivity index (χ2n) is 3.42. The van der Waals surface area contributed by atoms with Gasteiger partial charge in [0.2, 0.25) is 0 Å². The van der Waals surface area contributed by atoms with Crippen LogP contribution in [-0.2, 0) is 0 Å². The first-order valence-corrected chi connectivity index (χ1v) is 5.27. The molecule has 3 heteroatoms. The van der Waals surface area contributed by atoms with Gasteiger partial charge in [0.15, 0.2) is 0 Å². The van der Waals surface area contributed by atoms with Gasteiger partial charge in [0, 0.05) is 5.56 Å². The molecule has 1 rings (SSSR count). The molecule has 1 aromatic carbocycles. The third kappa shape index (κ3) is 3.00. The van der Waals surface area contributed by atoms with Crippen LogP contribution in [0.2, 0.25) is 0 Å². The molecule has 0 heterocycles. The lowest BCUT2D eigenvalue weighted by molar-refractivity contribution is 0.329. The Hall–Kier alpha value is -1.48. The van der Waals surface area contributed by atoms with E-state index in [9.17, 15) is 0 Å². The van der Waals surface area contributed by atoms with E-state index in [0.717, 1.165) is 29.1 Å². The fourth-order valence-electron chi connectivity index (χ4n) is 1.43. The van der Waals surface area contributed by atoms with E-state index in [0.29, 0.717) is 0 Å². The number of hydrogen-bond donors (Lipinski definition) is 1. The van der Waals surface area contributed by atoms with Crippen molar-refractivity contribution in [2.75, 3.05) is 20.8 Å². The van der Waals surface area contributed by atoms with Crippen LogP contribution in [0.5, 0.6) is 11.5 Å². The van der Waals surface area contributed by atoms with E-state index >= 15 is 0 Å². The predicted molar refractivity (Wildman–Crippen MR) is 64.9 cm³/mol. The fourth-order valence-corrected chi connectivity index (χ4v) is 1.43. The van der Waals surface area contributed by atoms with E-state index in [1.54, 1.807) is 14.2 Å². The Labute approximate surface area is 96.3 Å². The zero-order valence-corrected chi connectivity index (χ0v) is 9.99. The maximum atomic E-state index is 9.14. The predicted octanol–water partition coefficient (Wildman–Crippen LogP) is 2.49. The van der Waals surface area contributed by atoms with Crippen molar-refractivity contribution in [2.45, 2.75) is 13.3 Å². The molecule has 3 nitrogen and oxygen atoms in total. The summed E-state index contributed by atoms with van der Waals surface area (Å²) in [6.07, 6.45) is 2.75. The summed E-state index contributed by atoms with van der Waals surface area (Å²) < 4.78 is 10.4. The standard InChI is InChI=1S/C13H18O3/c1-4-10(9-14)7-11-8-12(15-2)5-6-13(11)16-3/h5-8,14H,4,9H2,1-3H3. The molecule has 0 saturated heterocycles. The molecular formula is C13H18O3. The van der Waals surface area contributed by atoms with E-state index in [1.165, 1.54) is 0 Å². The summed E-state index contributed by atoms with van der Waals surface area (Å²) >= 11 is 0. The first kappa shape index (κ1) is 12.6. The highest BCUT2D eigenvalue weighted by Gasteiger charge is 2.03. The Morgan fingerprint density at radius 3 is 2.56 bits per heavy atom. The third-order valence-electron chi connectivity index (χ3n) is 2.45. The minimum atomic E-state index is 0.0663. The van der Waals surface area contributed by atoms with Gasteiger partial charge in [-0.2, -0.15) is 0 Å². The van der Waals surface area contributed by atoms with Gasteiger partial charge in [-0.05, 0) is 36.3 Å². The van der Waals surface area contributed by atoms with Crippen LogP contribution in [0.15, 0.2) is 23.8 Å². The molecule has 0 aromatic heterocycles. The zero-order valence-electron chi connectivity index (χ0n) is 9.99. The van der Waals surface area contributed by atoms with Crippen molar-refractivity contribution in [1.29, 1.82) is 0 Å². The van der Waals surface area contributed by atoms with Crippen LogP contribution in [-0.4, -0.2) is 25.9 Å². The quantitative estimate of drug-likeness (QED) is 0.831. The molecule has 88 valence electrons. The van der Waals surface area contributed by atoms with Gasteiger partial charge in [0.1, 0.15) is 11.5 Å². The maximum absolute atomic E-state index is 9.14. The van der Waals surface area contributed by atoms with Crippen molar-refractivity contribution < 1.29 is 14.6 Å². The van der Waals surface area contributed by atoms with Crippen molar-refractivity contribution in [3.8, 4) is 11.5 Å². The molecule has 0 radical (unpaired) electrons. The Morgan fingerprint density at radius 1 is 1.31 bits per heavy atom. The van der Waals surface area contributed by atoms with Gasteiger partial charge in [-0.1, -0.05) is 6.92 Å². The molecule has 0 saturated carbocycles. The summed E-state index contributed by atoms with van der Waals surface area (Å²) in [5.74, 6) is 1.56. The summed E-state index contributed by atoms with van der Waals surface area (Å²) in [5, 5.41) is 9.14. The van der Waals surface area contributed by atoms with Crippen LogP contribution in [0.1, 0.15) is 18.9 Å². The zero-order chi connectivity index (χ0) is 12.0. The Kier molecular flexibility index (Phi) is 4.86. The van der Waals surface area contributed by atoms with Crippen LogP contribution in [0.4, 0.5) is 0 Å². The lowest BCUT2D eigenvalue weighted by Gasteiger charge is -2.08. The smallest absolute Gasteiger partial charge is 0.126 e. The second-order valence-corrected chi connectivity index (χ2v) is 3.42. The number of rotatable bonds is 5. The molecule has 0 aliphatic heterocycles. The fraction of sp³-hybridized carbons (Fsp3) is 0.385. The van der Waals surface area contributed by atoms with Crippen molar-refractivity contribution >= 4 is 6.08 Å². The topological polar surface area (TPSA) is 38.7 Å². The van der Waals surface area contributed by atoms with Crippen LogP contribution in [0, 0.1) is 0 Å². The lowest BCUT2D eigenvalue weighted by atomic mass is 10.1. The van der Waals surface area contributed by atoms with E-state index in [2.05, 4.69) is 0 Å². The van der Waals surface area contributed by atoms with Gasteiger partial charge < -0.3 is 14.6 Å². The molecule has 0 aliphatic carbocycles. The van der Waals surface area contributed by atoms with Gasteiger partial charge >= 0.3 is 0 Å². The van der Waals surface area contributed by atoms with Gasteiger partial charge in [0.25, 0.3) is 0 Å². The lowest BCUT2D eigenvalue weighted by Crippen LogP contribution is -1.92. The van der Waals surface area contributed by atoms with Gasteiger partial charge in [-0.15, -0.1) is 0 Å². The Morgan fingerprint density at radius 2 is 2.06 bits per heavy atom. The second kappa shape index (κ2) is 6.18.